The summed E-state index contributed by atoms with van der Waals surface area (Å²) >= 11 is 0. The van der Waals surface area contributed by atoms with Gasteiger partial charge in [-0.3, -0.25) is 45.3 Å². The maximum Gasteiger partial charge on any atom is 0.270 e. The van der Waals surface area contributed by atoms with E-state index in [2.05, 4.69) is 15.0 Å². The number of benzene rings is 9. The number of hydrogen-bond donors (Lipinski definition) is 3. The molecule has 6 heterocycles. The number of nitro groups is 3. The van der Waals surface area contributed by atoms with Gasteiger partial charge < -0.3 is 135 Å². The summed E-state index contributed by atoms with van der Waals surface area (Å²) in [5.41, 5.74) is 4.12. The number of aliphatic imine (C=N–C) groups is 3. The average molecular weight is 1900 g/mol. The van der Waals surface area contributed by atoms with Crippen molar-refractivity contribution < 1.29 is 205 Å². The molecule has 9 aromatic carbocycles. The van der Waals surface area contributed by atoms with Crippen molar-refractivity contribution >= 4 is 35.7 Å². The van der Waals surface area contributed by atoms with Crippen molar-refractivity contribution in [2.75, 3.05) is 62.5 Å². The first-order chi connectivity index (χ1) is 60.0. The Morgan fingerprint density at radius 3 is 0.760 bits per heavy atom. The molecule has 15 rings (SSSR count). The van der Waals surface area contributed by atoms with E-state index in [0.29, 0.717) is 0 Å². The molecular formula is C87H93N6O33V3-15. The SMILES string of the molecule is CO.CO.CO.C[O-].C[O-].C[O-].O=[N+]([O-])c1ccc([O-])c(C=N[C@H]2[C@@H](OCc3ccccc3)O[C@@H]3CO[C@@H](c4ccccc4)O[C@H]3[C@@H]2[O-])c1.O=[N+]([O-])c1ccc([O-])c(C=N[C@H]2[C@@H](OCc3ccccc3)O[C@@H]3CO[C@@H](c4ccccc4)O[C@H]3[C@@H]2[O-])c1.O=[N+]([O-])c1ccc([O-])c(C=N[C@H]2[C@@H](OCc3ccccc3)O[C@@H]3CO[C@@H](c4ccccc4)O[C@H]3[C@@H]2[O-])c1.[O-2].[O-2].[O-2].[V].[V].[V]. The van der Waals surface area contributed by atoms with Crippen LogP contribution in [0.25, 0.3) is 0 Å². The molecule has 6 aliphatic heterocycles. The minimum Gasteiger partial charge on any atom is -2.00 e. The fraction of sp³-hybridized carbons (Fsp3) is 0.345. The van der Waals surface area contributed by atoms with Crippen molar-refractivity contribution in [1.82, 2.24) is 0 Å². The zero-order valence-corrected chi connectivity index (χ0v) is 74.2. The van der Waals surface area contributed by atoms with E-state index < -0.39 is 143 Å². The van der Waals surface area contributed by atoms with Gasteiger partial charge in [-0.1, -0.05) is 236 Å². The van der Waals surface area contributed by atoms with Crippen LogP contribution in [0.3, 0.4) is 0 Å². The molecule has 699 valence electrons. The van der Waals surface area contributed by atoms with Crippen LogP contribution in [0.1, 0.15) is 68.9 Å². The summed E-state index contributed by atoms with van der Waals surface area (Å²) < 4.78 is 71.7. The standard InChI is InChI=1S/3C27H25N2O8.3CH4O.3CH3O.3O.3V/c3*30-21-12-11-20(29(32)33)13-19(21)14-28-23-24(31)25-22(16-35-26(37-25)18-9-5-2-6-10-18)36-27(23)34-15-17-7-3-1-4-8-17;6*1-2;;;;;;/h3*1-14,22-27,30H,15-16H2;3*2H,1H3;3*1H3;;;;;;/q3*-1;;;;3*-1;3*-2;;;/p-3/t3*22-,23-,24-,25-,26-,27+;;;;;;;;;;;;/m111............/s1. The molecule has 3 radical (unpaired) electrons. The third kappa shape index (κ3) is 33.6. The Morgan fingerprint density at radius 2 is 0.550 bits per heavy atom. The normalized spacial score (nSPS) is 24.0. The van der Waals surface area contributed by atoms with Crippen LogP contribution >= 0.6 is 0 Å². The number of ether oxygens (including phenoxy) is 12. The topological polar surface area (TPSA) is 631 Å². The van der Waals surface area contributed by atoms with Gasteiger partial charge in [0.25, 0.3) is 17.1 Å². The second-order valence-corrected chi connectivity index (χ2v) is 26.2. The van der Waals surface area contributed by atoms with E-state index in [1.54, 1.807) is 0 Å². The molecule has 9 aromatic rings. The largest absolute Gasteiger partial charge is 2.00 e. The number of nitrogens with zero attached hydrogens (tertiary/aromatic N) is 6. The number of aliphatic hydroxyl groups excluding tert-OH is 3. The molecule has 0 saturated carbocycles. The number of hydrogen-bond acceptors (Lipinski definition) is 33. The zero-order chi connectivity index (χ0) is 89.3. The van der Waals surface area contributed by atoms with Crippen molar-refractivity contribution in [3.8, 4) is 17.2 Å². The molecule has 0 spiro atoms. The maximum absolute atomic E-state index is 13.7. The Kier molecular flexibility index (Phi) is 57.0. The minimum atomic E-state index is -1.42. The van der Waals surface area contributed by atoms with Crippen molar-refractivity contribution in [2.45, 2.75) is 131 Å². The van der Waals surface area contributed by atoms with Gasteiger partial charge in [-0.05, 0) is 33.4 Å². The zero-order valence-electron chi connectivity index (χ0n) is 70.0. The van der Waals surface area contributed by atoms with Crippen LogP contribution in [-0.2, 0) is 149 Å². The van der Waals surface area contributed by atoms with Crippen LogP contribution in [0, 0.1) is 30.3 Å². The summed E-state index contributed by atoms with van der Waals surface area (Å²) in [4.78, 5) is 44.6. The van der Waals surface area contributed by atoms with Crippen molar-refractivity contribution in [3.05, 3.63) is 317 Å². The molecule has 0 aliphatic carbocycles. The number of fused-ring (bicyclic) bond motifs is 3. The Morgan fingerprint density at radius 1 is 0.341 bits per heavy atom. The molecular weight excluding hydrogens is 1810 g/mol. The molecule has 3 N–H and O–H groups in total. The van der Waals surface area contributed by atoms with Gasteiger partial charge in [0.2, 0.25) is 0 Å². The predicted octanol–water partition coefficient (Wildman–Crippen LogP) is 2.11. The van der Waals surface area contributed by atoms with E-state index in [1.165, 1.54) is 18.6 Å². The van der Waals surface area contributed by atoms with E-state index in [4.69, 9.17) is 87.5 Å². The molecule has 42 heteroatoms. The van der Waals surface area contributed by atoms with Gasteiger partial charge in [-0.15, -0.1) is 0 Å². The summed E-state index contributed by atoms with van der Waals surface area (Å²) in [5.74, 6) is -1.38. The van der Waals surface area contributed by atoms with Gasteiger partial charge in [0.05, 0.1) is 90.8 Å². The summed E-state index contributed by atoms with van der Waals surface area (Å²) in [6.45, 7) is 0.874. The van der Waals surface area contributed by atoms with Gasteiger partial charge >= 0.3 is 0 Å². The Bertz CT molecular complexity index is 4220. The predicted molar refractivity (Wildman–Crippen MR) is 427 cm³/mol. The second-order valence-electron chi connectivity index (χ2n) is 26.2. The molecule has 6 fully saturated rings. The summed E-state index contributed by atoms with van der Waals surface area (Å²) in [5, 5.41) is 157. The van der Waals surface area contributed by atoms with Crippen LogP contribution in [0.4, 0.5) is 17.1 Å². The van der Waals surface area contributed by atoms with Crippen LogP contribution in [-0.4, -0.2) is 203 Å². The van der Waals surface area contributed by atoms with Crippen molar-refractivity contribution in [3.63, 3.8) is 0 Å². The minimum absolute atomic E-state index is 0. The average Bonchev–Trinajstić information content (AvgIpc) is 0.784. The monoisotopic (exact) mass is 1900 g/mol. The van der Waals surface area contributed by atoms with Crippen molar-refractivity contribution in [2.24, 2.45) is 15.0 Å². The van der Waals surface area contributed by atoms with Gasteiger partial charge in [-0.2, -0.15) is 21.3 Å². The van der Waals surface area contributed by atoms with Gasteiger partial charge in [0.15, 0.2) is 37.7 Å². The third-order valence-electron chi connectivity index (χ3n) is 18.7. The maximum atomic E-state index is 13.7. The third-order valence-corrected chi connectivity index (χ3v) is 18.7. The Hall–Kier alpha value is -9.62. The molecule has 0 unspecified atom stereocenters. The first kappa shape index (κ1) is 117. The molecule has 18 atom stereocenters. The molecule has 39 nitrogen and oxygen atoms in total. The Balaban J connectivity index is 0.000000893. The number of rotatable bonds is 21. The smallest absolute Gasteiger partial charge is 0.270 e. The van der Waals surface area contributed by atoms with E-state index in [0.717, 1.165) is 131 Å². The fourth-order valence-corrected chi connectivity index (χ4v) is 12.9. The number of nitro benzene ring substituents is 3. The van der Waals surface area contributed by atoms with Crippen molar-refractivity contribution in [1.29, 1.82) is 0 Å². The fourth-order valence-electron chi connectivity index (χ4n) is 12.9. The number of aliphatic hydroxyl groups is 3. The molecule has 129 heavy (non-hydrogen) atoms. The van der Waals surface area contributed by atoms with Gasteiger partial charge in [-0.25, -0.2) is 0 Å². The van der Waals surface area contributed by atoms with Gasteiger partial charge in [0, 0.05) is 149 Å². The molecule has 6 aliphatic rings. The molecule has 6 saturated heterocycles. The molecule has 0 bridgehead atoms. The quantitative estimate of drug-likeness (QED) is 0.0527. The van der Waals surface area contributed by atoms with Crippen LogP contribution in [0.15, 0.2) is 252 Å². The van der Waals surface area contributed by atoms with Crippen LogP contribution in [0.5, 0.6) is 17.2 Å². The van der Waals surface area contributed by atoms with E-state index in [9.17, 15) is 61.0 Å². The summed E-state index contributed by atoms with van der Waals surface area (Å²) in [6, 6.07) is 62.6. The van der Waals surface area contributed by atoms with Crippen LogP contribution < -0.4 is 46.0 Å². The molecule has 0 amide bonds. The number of non-ortho nitro benzene ring substituents is 3. The summed E-state index contributed by atoms with van der Waals surface area (Å²) in [7, 11) is 5.25. The first-order valence-corrected chi connectivity index (χ1v) is 37.9. The van der Waals surface area contributed by atoms with Crippen LogP contribution in [0.2, 0.25) is 0 Å². The Labute approximate surface area is 778 Å². The second kappa shape index (κ2) is 62.6. The van der Waals surface area contributed by atoms with Gasteiger partial charge in [0.1, 0.15) is 18.3 Å². The van der Waals surface area contributed by atoms with E-state index in [-0.39, 0.29) is 145 Å². The van der Waals surface area contributed by atoms with E-state index >= 15 is 0 Å². The first-order valence-electron chi connectivity index (χ1n) is 37.9. The molecule has 0 aromatic heterocycles. The summed E-state index contributed by atoms with van der Waals surface area (Å²) in [6.07, 6.45) is -10.8. The van der Waals surface area contributed by atoms with E-state index in [1.807, 2.05) is 182 Å².